The first kappa shape index (κ1) is 35.8. The van der Waals surface area contributed by atoms with Gasteiger partial charge in [0.2, 0.25) is 0 Å². The number of hydrogen-bond donors (Lipinski definition) is 1. The monoisotopic (exact) mass is 529 g/mol. The number of carbonyl (C=O) groups excluding carboxylic acids is 2. The standard InChI is InChI=1S/C30H59NO6/c1-29(2,3)17-14-22-36-27(32)15-10-8-7-9-13-21-34-25-26-35-24-20-31-19-12-11-16-28(33)37-23-18-30(4,5)6/h31H,7-26H2,1-6H3. The van der Waals surface area contributed by atoms with E-state index in [4.69, 9.17) is 18.9 Å². The van der Waals surface area contributed by atoms with Crippen molar-refractivity contribution < 1.29 is 28.5 Å². The third kappa shape index (κ3) is 30.9. The molecule has 0 fully saturated rings. The quantitative estimate of drug-likeness (QED) is 0.113. The average molecular weight is 530 g/mol. The van der Waals surface area contributed by atoms with Gasteiger partial charge in [-0.1, -0.05) is 60.8 Å². The molecule has 0 rings (SSSR count). The van der Waals surface area contributed by atoms with E-state index >= 15 is 0 Å². The molecule has 0 aliphatic carbocycles. The summed E-state index contributed by atoms with van der Waals surface area (Å²) in [5, 5.41) is 3.34. The summed E-state index contributed by atoms with van der Waals surface area (Å²) in [6, 6.07) is 0. The molecule has 0 aliphatic heterocycles. The number of hydrogen-bond acceptors (Lipinski definition) is 7. The van der Waals surface area contributed by atoms with Crippen LogP contribution in [0, 0.1) is 10.8 Å². The Balaban J connectivity index is 3.24. The van der Waals surface area contributed by atoms with E-state index in [0.29, 0.717) is 51.3 Å². The molecule has 220 valence electrons. The third-order valence-corrected chi connectivity index (χ3v) is 5.90. The zero-order valence-corrected chi connectivity index (χ0v) is 25.1. The van der Waals surface area contributed by atoms with Gasteiger partial charge in [0.25, 0.3) is 0 Å². The lowest BCUT2D eigenvalue weighted by Gasteiger charge is -2.17. The number of ether oxygens (including phenoxy) is 4. The zero-order chi connectivity index (χ0) is 27.8. The van der Waals surface area contributed by atoms with Crippen molar-refractivity contribution in [3.05, 3.63) is 0 Å². The zero-order valence-electron chi connectivity index (χ0n) is 25.1. The second-order valence-electron chi connectivity index (χ2n) is 12.4. The second kappa shape index (κ2) is 22.8. The summed E-state index contributed by atoms with van der Waals surface area (Å²) in [7, 11) is 0. The third-order valence-electron chi connectivity index (χ3n) is 5.90. The van der Waals surface area contributed by atoms with E-state index in [1.54, 1.807) is 0 Å². The van der Waals surface area contributed by atoms with Crippen LogP contribution in [0.5, 0.6) is 0 Å². The minimum absolute atomic E-state index is 0.0588. The van der Waals surface area contributed by atoms with Crippen molar-refractivity contribution in [1.82, 2.24) is 5.32 Å². The van der Waals surface area contributed by atoms with E-state index in [9.17, 15) is 9.59 Å². The summed E-state index contributed by atoms with van der Waals surface area (Å²) in [6.45, 7) is 18.5. The molecule has 0 bridgehead atoms. The van der Waals surface area contributed by atoms with Crippen molar-refractivity contribution in [1.29, 1.82) is 0 Å². The molecule has 0 aromatic heterocycles. The molecular formula is C30H59NO6. The average Bonchev–Trinajstić information content (AvgIpc) is 2.79. The minimum atomic E-state index is -0.0907. The number of nitrogens with one attached hydrogen (secondary N) is 1. The van der Waals surface area contributed by atoms with Crippen LogP contribution in [0.3, 0.4) is 0 Å². The molecule has 7 heteroatoms. The fraction of sp³-hybridized carbons (Fsp3) is 0.933. The molecule has 0 heterocycles. The summed E-state index contributed by atoms with van der Waals surface area (Å²) in [4.78, 5) is 23.4. The van der Waals surface area contributed by atoms with E-state index in [2.05, 4.69) is 46.9 Å². The summed E-state index contributed by atoms with van der Waals surface area (Å²) >= 11 is 0. The highest BCUT2D eigenvalue weighted by Crippen LogP contribution is 2.20. The van der Waals surface area contributed by atoms with Crippen molar-refractivity contribution in [2.75, 3.05) is 52.7 Å². The maximum absolute atomic E-state index is 11.7. The van der Waals surface area contributed by atoms with E-state index in [1.165, 1.54) is 0 Å². The molecule has 0 aromatic carbocycles. The highest BCUT2D eigenvalue weighted by Gasteiger charge is 2.12. The molecule has 0 atom stereocenters. The molecule has 0 radical (unpaired) electrons. The summed E-state index contributed by atoms with van der Waals surface area (Å²) in [5.41, 5.74) is 0.498. The highest BCUT2D eigenvalue weighted by atomic mass is 16.5. The largest absolute Gasteiger partial charge is 0.466 e. The molecule has 0 amide bonds. The van der Waals surface area contributed by atoms with Gasteiger partial charge < -0.3 is 24.3 Å². The van der Waals surface area contributed by atoms with Gasteiger partial charge in [-0.25, -0.2) is 0 Å². The van der Waals surface area contributed by atoms with Crippen molar-refractivity contribution in [2.45, 2.75) is 119 Å². The van der Waals surface area contributed by atoms with Crippen molar-refractivity contribution in [3.8, 4) is 0 Å². The van der Waals surface area contributed by atoms with Crippen LogP contribution in [-0.4, -0.2) is 64.7 Å². The fourth-order valence-corrected chi connectivity index (χ4v) is 3.52. The molecule has 0 aliphatic rings. The topological polar surface area (TPSA) is 83.1 Å². The number of unbranched alkanes of at least 4 members (excludes halogenated alkanes) is 5. The Morgan fingerprint density at radius 2 is 1.05 bits per heavy atom. The number of carbonyl (C=O) groups is 2. The SMILES string of the molecule is CC(C)(C)CCCOC(=O)CCCCCCCOCCOCCNCCCCC(=O)OCCC(C)(C)C. The number of esters is 2. The summed E-state index contributed by atoms with van der Waals surface area (Å²) in [5.74, 6) is -0.149. The van der Waals surface area contributed by atoms with Crippen LogP contribution >= 0.6 is 0 Å². The lowest BCUT2D eigenvalue weighted by molar-refractivity contribution is -0.145. The minimum Gasteiger partial charge on any atom is -0.466 e. The van der Waals surface area contributed by atoms with Gasteiger partial charge >= 0.3 is 11.9 Å². The molecule has 0 saturated carbocycles. The summed E-state index contributed by atoms with van der Waals surface area (Å²) < 4.78 is 21.8. The van der Waals surface area contributed by atoms with Crippen molar-refractivity contribution in [2.24, 2.45) is 10.8 Å². The van der Waals surface area contributed by atoms with Crippen LogP contribution < -0.4 is 5.32 Å². The molecule has 7 nitrogen and oxygen atoms in total. The smallest absolute Gasteiger partial charge is 0.305 e. The van der Waals surface area contributed by atoms with Crippen LogP contribution in [0.25, 0.3) is 0 Å². The number of rotatable bonds is 24. The predicted octanol–water partition coefficient (Wildman–Crippen LogP) is 6.47. The molecular weight excluding hydrogens is 470 g/mol. The highest BCUT2D eigenvalue weighted by molar-refractivity contribution is 5.69. The first-order valence-corrected chi connectivity index (χ1v) is 14.7. The van der Waals surface area contributed by atoms with Crippen molar-refractivity contribution >= 4 is 11.9 Å². The molecule has 0 unspecified atom stereocenters. The summed E-state index contributed by atoms with van der Waals surface area (Å²) in [6.07, 6.45) is 11.0. The van der Waals surface area contributed by atoms with E-state index in [0.717, 1.165) is 83.9 Å². The van der Waals surface area contributed by atoms with Gasteiger partial charge in [-0.3, -0.25) is 9.59 Å². The van der Waals surface area contributed by atoms with Gasteiger partial charge in [0.05, 0.1) is 33.0 Å². The fourth-order valence-electron chi connectivity index (χ4n) is 3.52. The maximum Gasteiger partial charge on any atom is 0.305 e. The first-order valence-electron chi connectivity index (χ1n) is 14.7. The van der Waals surface area contributed by atoms with Gasteiger partial charge in [-0.05, 0) is 62.3 Å². The Hall–Kier alpha value is -1.18. The van der Waals surface area contributed by atoms with Crippen LogP contribution in [0.4, 0.5) is 0 Å². The normalized spacial score (nSPS) is 12.1. The second-order valence-corrected chi connectivity index (χ2v) is 12.4. The van der Waals surface area contributed by atoms with E-state index in [1.807, 2.05) is 0 Å². The molecule has 0 aromatic rings. The molecule has 0 spiro atoms. The molecule has 37 heavy (non-hydrogen) atoms. The van der Waals surface area contributed by atoms with Crippen LogP contribution in [0.2, 0.25) is 0 Å². The van der Waals surface area contributed by atoms with Gasteiger partial charge in [-0.15, -0.1) is 0 Å². The lowest BCUT2D eigenvalue weighted by atomic mass is 9.91. The van der Waals surface area contributed by atoms with Gasteiger partial charge in [-0.2, -0.15) is 0 Å². The van der Waals surface area contributed by atoms with Crippen LogP contribution in [-0.2, 0) is 28.5 Å². The predicted molar refractivity (Wildman–Crippen MR) is 151 cm³/mol. The molecule has 0 saturated heterocycles. The Morgan fingerprint density at radius 1 is 0.514 bits per heavy atom. The Kier molecular flexibility index (Phi) is 22.0. The Morgan fingerprint density at radius 3 is 1.70 bits per heavy atom. The lowest BCUT2D eigenvalue weighted by Crippen LogP contribution is -2.22. The van der Waals surface area contributed by atoms with Gasteiger partial charge in [0, 0.05) is 26.0 Å². The van der Waals surface area contributed by atoms with Crippen LogP contribution in [0.1, 0.15) is 119 Å². The maximum atomic E-state index is 11.7. The van der Waals surface area contributed by atoms with Gasteiger partial charge in [0.1, 0.15) is 0 Å². The molecule has 1 N–H and O–H groups in total. The first-order chi connectivity index (χ1) is 17.5. The Labute approximate surface area is 228 Å². The van der Waals surface area contributed by atoms with E-state index in [-0.39, 0.29) is 17.4 Å². The Bertz CT molecular complexity index is 553. The van der Waals surface area contributed by atoms with Crippen molar-refractivity contribution in [3.63, 3.8) is 0 Å². The van der Waals surface area contributed by atoms with Crippen LogP contribution in [0.15, 0.2) is 0 Å². The van der Waals surface area contributed by atoms with Gasteiger partial charge in [0.15, 0.2) is 0 Å². The van der Waals surface area contributed by atoms with E-state index < -0.39 is 0 Å².